The fraction of sp³-hybridized carbons (Fsp3) is 0.346. The van der Waals surface area contributed by atoms with Crippen molar-refractivity contribution >= 4 is 35.0 Å². The van der Waals surface area contributed by atoms with Crippen LogP contribution in [0, 0.1) is 0 Å². The summed E-state index contributed by atoms with van der Waals surface area (Å²) in [4.78, 5) is 30.7. The van der Waals surface area contributed by atoms with Gasteiger partial charge in [-0.05, 0) is 49.7 Å². The van der Waals surface area contributed by atoms with Crippen LogP contribution in [0.2, 0.25) is 10.0 Å². The molecule has 1 aromatic heterocycles. The molecular weight excluding hydrogens is 487 g/mol. The van der Waals surface area contributed by atoms with E-state index in [2.05, 4.69) is 0 Å². The minimum absolute atomic E-state index is 0.0640. The molecule has 0 N–H and O–H groups in total. The molecule has 0 bridgehead atoms. The first-order chi connectivity index (χ1) is 16.8. The Bertz CT molecular complexity index is 1300. The zero-order valence-electron chi connectivity index (χ0n) is 19.8. The molecule has 2 aromatic carbocycles. The van der Waals surface area contributed by atoms with E-state index in [1.807, 2.05) is 47.7 Å². The van der Waals surface area contributed by atoms with Gasteiger partial charge in [0.05, 0.1) is 42.0 Å². The highest BCUT2D eigenvalue weighted by atomic mass is 35.5. The molecule has 0 radical (unpaired) electrons. The largest absolute Gasteiger partial charge is 0.497 e. The van der Waals surface area contributed by atoms with Crippen LogP contribution >= 0.6 is 23.2 Å². The summed E-state index contributed by atoms with van der Waals surface area (Å²) < 4.78 is 7.07. The van der Waals surface area contributed by atoms with Crippen LogP contribution in [0.15, 0.2) is 42.5 Å². The SMILES string of the molecule is COc1ccc(C(C)N2CCn3nc4c(c3C2=O)CN(C(=O)c2ccc(Cl)c(Cl)c2)[C@H](C)C4)cc1. The van der Waals surface area contributed by atoms with E-state index in [1.54, 1.807) is 30.2 Å². The van der Waals surface area contributed by atoms with Gasteiger partial charge in [-0.2, -0.15) is 5.10 Å². The lowest BCUT2D eigenvalue weighted by Crippen LogP contribution is -2.44. The van der Waals surface area contributed by atoms with Crippen LogP contribution in [0.5, 0.6) is 5.75 Å². The Morgan fingerprint density at radius 2 is 1.86 bits per heavy atom. The predicted octanol–water partition coefficient (Wildman–Crippen LogP) is 5.00. The number of nitrogens with zero attached hydrogens (tertiary/aromatic N) is 4. The fourth-order valence-electron chi connectivity index (χ4n) is 4.94. The van der Waals surface area contributed by atoms with Crippen LogP contribution in [-0.4, -0.2) is 51.1 Å². The van der Waals surface area contributed by atoms with Gasteiger partial charge in [-0.3, -0.25) is 14.3 Å². The number of carbonyl (C=O) groups is 2. The molecule has 0 saturated carbocycles. The van der Waals surface area contributed by atoms with E-state index < -0.39 is 0 Å². The highest BCUT2D eigenvalue weighted by molar-refractivity contribution is 6.42. The number of aromatic nitrogens is 2. The molecule has 3 aromatic rings. The van der Waals surface area contributed by atoms with Crippen LogP contribution in [-0.2, 0) is 19.5 Å². The number of rotatable bonds is 4. The van der Waals surface area contributed by atoms with E-state index in [-0.39, 0.29) is 23.9 Å². The molecule has 2 atom stereocenters. The second-order valence-electron chi connectivity index (χ2n) is 9.06. The number of methoxy groups -OCH3 is 1. The zero-order chi connectivity index (χ0) is 24.9. The van der Waals surface area contributed by atoms with Gasteiger partial charge < -0.3 is 14.5 Å². The van der Waals surface area contributed by atoms with Gasteiger partial charge in [0.1, 0.15) is 11.4 Å². The molecule has 2 aliphatic rings. The topological polar surface area (TPSA) is 67.7 Å². The first-order valence-electron chi connectivity index (χ1n) is 11.6. The van der Waals surface area contributed by atoms with E-state index in [1.165, 1.54) is 0 Å². The number of amides is 2. The zero-order valence-corrected chi connectivity index (χ0v) is 21.3. The third-order valence-corrected chi connectivity index (χ3v) is 7.73. The van der Waals surface area contributed by atoms with Crippen molar-refractivity contribution in [3.8, 4) is 5.75 Å². The van der Waals surface area contributed by atoms with Gasteiger partial charge in [-0.25, -0.2) is 0 Å². The number of hydrogen-bond donors (Lipinski definition) is 0. The van der Waals surface area contributed by atoms with Crippen molar-refractivity contribution in [3.63, 3.8) is 0 Å². The molecule has 2 aliphatic heterocycles. The summed E-state index contributed by atoms with van der Waals surface area (Å²) in [6, 6.07) is 12.5. The van der Waals surface area contributed by atoms with Gasteiger partial charge in [0, 0.05) is 30.1 Å². The van der Waals surface area contributed by atoms with Gasteiger partial charge >= 0.3 is 0 Å². The summed E-state index contributed by atoms with van der Waals surface area (Å²) in [5.41, 5.74) is 3.79. The molecule has 7 nitrogen and oxygen atoms in total. The maximum atomic E-state index is 13.7. The van der Waals surface area contributed by atoms with Crippen LogP contribution in [0.25, 0.3) is 0 Å². The van der Waals surface area contributed by atoms with Crippen molar-refractivity contribution in [3.05, 3.63) is 80.6 Å². The first kappa shape index (κ1) is 23.7. The molecule has 5 rings (SSSR count). The average Bonchev–Trinajstić information content (AvgIpc) is 3.22. The average molecular weight is 513 g/mol. The van der Waals surface area contributed by atoms with E-state index in [9.17, 15) is 9.59 Å². The number of carbonyl (C=O) groups excluding carboxylic acids is 2. The quantitative estimate of drug-likeness (QED) is 0.493. The van der Waals surface area contributed by atoms with Crippen LogP contribution in [0.3, 0.4) is 0 Å². The second kappa shape index (κ2) is 9.21. The lowest BCUT2D eigenvalue weighted by atomic mass is 9.97. The number of ether oxygens (including phenoxy) is 1. The molecule has 2 amide bonds. The van der Waals surface area contributed by atoms with Crippen LogP contribution in [0.1, 0.15) is 57.6 Å². The number of fused-ring (bicyclic) bond motifs is 3. The molecule has 3 heterocycles. The predicted molar refractivity (Wildman–Crippen MR) is 134 cm³/mol. The molecule has 182 valence electrons. The van der Waals surface area contributed by atoms with Gasteiger partial charge in [0.25, 0.3) is 11.8 Å². The molecule has 35 heavy (non-hydrogen) atoms. The Morgan fingerprint density at radius 3 is 2.54 bits per heavy atom. The molecule has 9 heteroatoms. The summed E-state index contributed by atoms with van der Waals surface area (Å²) in [6.07, 6.45) is 0.587. The second-order valence-corrected chi connectivity index (χ2v) is 9.87. The third kappa shape index (κ3) is 4.17. The first-order valence-corrected chi connectivity index (χ1v) is 12.3. The standard InChI is InChI=1S/C26H26Cl2N4O3/c1-15-12-23-20(14-31(15)25(33)18-6-9-21(27)22(28)13-18)24-26(34)30(10-11-32(24)29-23)16(2)17-4-7-19(35-3)8-5-17/h4-9,13,15-16H,10-12,14H2,1-3H3/t15-,16?/m1/s1. The Labute approximate surface area is 214 Å². The Hall–Kier alpha value is -3.03. The maximum absolute atomic E-state index is 13.7. The van der Waals surface area contributed by atoms with E-state index in [4.69, 9.17) is 33.0 Å². The lowest BCUT2D eigenvalue weighted by Gasteiger charge is -2.35. The summed E-state index contributed by atoms with van der Waals surface area (Å²) in [6.45, 7) is 5.53. The van der Waals surface area contributed by atoms with Crippen molar-refractivity contribution in [2.24, 2.45) is 0 Å². The molecule has 0 spiro atoms. The molecule has 1 unspecified atom stereocenters. The Balaban J connectivity index is 1.43. The Morgan fingerprint density at radius 1 is 1.11 bits per heavy atom. The van der Waals surface area contributed by atoms with Gasteiger partial charge in [0.2, 0.25) is 0 Å². The van der Waals surface area contributed by atoms with E-state index in [0.29, 0.717) is 47.4 Å². The van der Waals surface area contributed by atoms with Gasteiger partial charge in [-0.1, -0.05) is 35.3 Å². The lowest BCUT2D eigenvalue weighted by molar-refractivity contribution is 0.0605. The summed E-state index contributed by atoms with van der Waals surface area (Å²) >= 11 is 12.2. The van der Waals surface area contributed by atoms with Crippen LogP contribution in [0.4, 0.5) is 0 Å². The number of benzene rings is 2. The minimum Gasteiger partial charge on any atom is -0.497 e. The van der Waals surface area contributed by atoms with Gasteiger partial charge in [0.15, 0.2) is 0 Å². The van der Waals surface area contributed by atoms with Crippen molar-refractivity contribution in [1.82, 2.24) is 19.6 Å². The third-order valence-electron chi connectivity index (χ3n) is 6.99. The highest BCUT2D eigenvalue weighted by Crippen LogP contribution is 2.33. The number of halogens is 2. The molecule has 0 fully saturated rings. The molecule has 0 saturated heterocycles. The van der Waals surface area contributed by atoms with Crippen molar-refractivity contribution in [2.45, 2.75) is 45.4 Å². The molecule has 0 aliphatic carbocycles. The number of hydrogen-bond acceptors (Lipinski definition) is 4. The minimum atomic E-state index is -0.145. The Kier molecular flexibility index (Phi) is 6.23. The monoisotopic (exact) mass is 512 g/mol. The smallest absolute Gasteiger partial charge is 0.273 e. The van der Waals surface area contributed by atoms with E-state index in [0.717, 1.165) is 22.6 Å². The maximum Gasteiger partial charge on any atom is 0.273 e. The van der Waals surface area contributed by atoms with Crippen molar-refractivity contribution in [1.29, 1.82) is 0 Å². The highest BCUT2D eigenvalue weighted by Gasteiger charge is 2.38. The van der Waals surface area contributed by atoms with Crippen LogP contribution < -0.4 is 4.74 Å². The molecular formula is C26H26Cl2N4O3. The van der Waals surface area contributed by atoms with E-state index >= 15 is 0 Å². The summed E-state index contributed by atoms with van der Waals surface area (Å²) in [5, 5.41) is 5.49. The summed E-state index contributed by atoms with van der Waals surface area (Å²) in [7, 11) is 1.63. The van der Waals surface area contributed by atoms with Crippen molar-refractivity contribution in [2.75, 3.05) is 13.7 Å². The van der Waals surface area contributed by atoms with Crippen molar-refractivity contribution < 1.29 is 14.3 Å². The van der Waals surface area contributed by atoms with Gasteiger partial charge in [-0.15, -0.1) is 0 Å². The normalized spacial score (nSPS) is 18.2. The summed E-state index contributed by atoms with van der Waals surface area (Å²) in [5.74, 6) is 0.567. The fourth-order valence-corrected chi connectivity index (χ4v) is 5.23.